The van der Waals surface area contributed by atoms with Crippen molar-refractivity contribution in [3.8, 4) is 0 Å². The fraction of sp³-hybridized carbons (Fsp3) is 0.909. The molecule has 0 aromatic rings. The van der Waals surface area contributed by atoms with E-state index < -0.39 is 5.60 Å². The first-order valence-electron chi connectivity index (χ1n) is 5.83. The van der Waals surface area contributed by atoms with E-state index in [4.69, 9.17) is 10.6 Å². The van der Waals surface area contributed by atoms with Crippen molar-refractivity contribution in [2.24, 2.45) is 5.84 Å². The molecule has 1 atom stereocenters. The molecule has 2 aliphatic heterocycles. The number of ether oxygens (including phenoxy) is 1. The van der Waals surface area contributed by atoms with Crippen LogP contribution in [0.15, 0.2) is 0 Å². The average molecular weight is 227 g/mol. The second-order valence-electron chi connectivity index (χ2n) is 5.82. The summed E-state index contributed by atoms with van der Waals surface area (Å²) in [6.07, 6.45) is 1.83. The molecule has 0 aromatic heterocycles. The van der Waals surface area contributed by atoms with Crippen LogP contribution in [0, 0.1) is 0 Å². The smallest absolute Gasteiger partial charge is 0.410 e. The van der Waals surface area contributed by atoms with Gasteiger partial charge in [0.15, 0.2) is 0 Å². The first kappa shape index (κ1) is 11.7. The van der Waals surface area contributed by atoms with E-state index in [2.05, 4.69) is 0 Å². The molecule has 2 heterocycles. The Morgan fingerprint density at radius 3 is 2.31 bits per heavy atom. The summed E-state index contributed by atoms with van der Waals surface area (Å²) in [5.74, 6) is 5.86. The Bertz CT molecular complexity index is 300. The molecule has 1 spiro atoms. The highest BCUT2D eigenvalue weighted by molar-refractivity contribution is 5.68. The van der Waals surface area contributed by atoms with Crippen LogP contribution in [0.25, 0.3) is 0 Å². The van der Waals surface area contributed by atoms with Crippen molar-refractivity contribution in [1.29, 1.82) is 0 Å². The number of amides is 1. The number of nitrogens with zero attached hydrogens (tertiary/aromatic N) is 2. The van der Waals surface area contributed by atoms with Crippen LogP contribution in [0.3, 0.4) is 0 Å². The highest BCUT2D eigenvalue weighted by Crippen LogP contribution is 2.36. The van der Waals surface area contributed by atoms with Crippen LogP contribution in [-0.4, -0.2) is 46.8 Å². The van der Waals surface area contributed by atoms with Gasteiger partial charge in [0.1, 0.15) is 5.60 Å². The summed E-state index contributed by atoms with van der Waals surface area (Å²) >= 11 is 0. The molecule has 0 aliphatic carbocycles. The van der Waals surface area contributed by atoms with E-state index in [9.17, 15) is 4.79 Å². The van der Waals surface area contributed by atoms with E-state index in [0.29, 0.717) is 6.54 Å². The zero-order valence-corrected chi connectivity index (χ0v) is 10.3. The Balaban J connectivity index is 1.91. The van der Waals surface area contributed by atoms with Crippen molar-refractivity contribution < 1.29 is 9.53 Å². The van der Waals surface area contributed by atoms with E-state index in [1.807, 2.05) is 25.8 Å². The summed E-state index contributed by atoms with van der Waals surface area (Å²) in [7, 11) is 0. The lowest BCUT2D eigenvalue weighted by atomic mass is 9.86. The molecular weight excluding hydrogens is 206 g/mol. The van der Waals surface area contributed by atoms with Crippen LogP contribution in [0.5, 0.6) is 0 Å². The second-order valence-corrected chi connectivity index (χ2v) is 5.82. The van der Waals surface area contributed by atoms with E-state index in [-0.39, 0.29) is 11.6 Å². The van der Waals surface area contributed by atoms with Gasteiger partial charge in [0.25, 0.3) is 0 Å². The quantitative estimate of drug-likeness (QED) is 0.626. The number of rotatable bonds is 0. The SMILES string of the molecule is CC(C)(C)OC(=O)N1CCC2(CCN2N)C1. The molecule has 1 unspecified atom stereocenters. The molecule has 2 fully saturated rings. The third-order valence-electron chi connectivity index (χ3n) is 3.41. The largest absolute Gasteiger partial charge is 0.444 e. The third-order valence-corrected chi connectivity index (χ3v) is 3.41. The van der Waals surface area contributed by atoms with Gasteiger partial charge in [-0.1, -0.05) is 0 Å². The number of hydrogen-bond donors (Lipinski definition) is 1. The number of hydrogen-bond acceptors (Lipinski definition) is 4. The van der Waals surface area contributed by atoms with Gasteiger partial charge in [0.2, 0.25) is 0 Å². The molecular formula is C11H21N3O2. The van der Waals surface area contributed by atoms with Crippen molar-refractivity contribution in [2.45, 2.75) is 44.8 Å². The topological polar surface area (TPSA) is 58.8 Å². The minimum Gasteiger partial charge on any atom is -0.444 e. The molecule has 2 aliphatic rings. The summed E-state index contributed by atoms with van der Waals surface area (Å²) in [5.41, 5.74) is -0.383. The van der Waals surface area contributed by atoms with Crippen LogP contribution in [0.2, 0.25) is 0 Å². The van der Waals surface area contributed by atoms with Gasteiger partial charge in [-0.25, -0.2) is 9.80 Å². The van der Waals surface area contributed by atoms with Gasteiger partial charge in [0, 0.05) is 19.6 Å². The Kier molecular flexibility index (Phi) is 2.62. The monoisotopic (exact) mass is 227 g/mol. The Morgan fingerprint density at radius 2 is 1.94 bits per heavy atom. The summed E-state index contributed by atoms with van der Waals surface area (Å²) in [4.78, 5) is 13.6. The highest BCUT2D eigenvalue weighted by atomic mass is 16.6. The Morgan fingerprint density at radius 1 is 1.31 bits per heavy atom. The van der Waals surface area contributed by atoms with Gasteiger partial charge in [-0.05, 0) is 33.6 Å². The number of carbonyl (C=O) groups is 1. The summed E-state index contributed by atoms with van der Waals surface area (Å²) < 4.78 is 5.35. The third kappa shape index (κ3) is 2.01. The van der Waals surface area contributed by atoms with Crippen molar-refractivity contribution in [3.63, 3.8) is 0 Å². The van der Waals surface area contributed by atoms with Gasteiger partial charge in [-0.2, -0.15) is 0 Å². The fourth-order valence-corrected chi connectivity index (χ4v) is 2.33. The molecule has 1 amide bonds. The standard InChI is InChI=1S/C11H21N3O2/c1-10(2,3)16-9(15)13-6-4-11(8-13)5-7-14(11)12/h4-8,12H2,1-3H3. The van der Waals surface area contributed by atoms with Crippen molar-refractivity contribution in [3.05, 3.63) is 0 Å². The lowest BCUT2D eigenvalue weighted by Gasteiger charge is -2.47. The van der Waals surface area contributed by atoms with E-state index in [1.165, 1.54) is 0 Å². The summed E-state index contributed by atoms with van der Waals surface area (Å²) in [5, 5.41) is 1.86. The minimum atomic E-state index is -0.422. The number of nitrogens with two attached hydrogens (primary N) is 1. The maximum atomic E-state index is 11.8. The van der Waals surface area contributed by atoms with E-state index in [0.717, 1.165) is 25.9 Å². The molecule has 16 heavy (non-hydrogen) atoms. The van der Waals surface area contributed by atoms with Gasteiger partial charge in [0.05, 0.1) is 5.54 Å². The number of likely N-dealkylation sites (tertiary alicyclic amines) is 1. The van der Waals surface area contributed by atoms with Gasteiger partial charge in [-0.3, -0.25) is 5.84 Å². The first-order chi connectivity index (χ1) is 7.32. The highest BCUT2D eigenvalue weighted by Gasteiger charge is 2.49. The summed E-state index contributed by atoms with van der Waals surface area (Å²) in [6.45, 7) is 8.04. The maximum Gasteiger partial charge on any atom is 0.410 e. The molecule has 5 nitrogen and oxygen atoms in total. The van der Waals surface area contributed by atoms with Gasteiger partial charge in [-0.15, -0.1) is 0 Å². The lowest BCUT2D eigenvalue weighted by Crippen LogP contribution is -2.64. The molecule has 0 saturated carbocycles. The van der Waals surface area contributed by atoms with Crippen LogP contribution in [0.4, 0.5) is 4.79 Å². The van der Waals surface area contributed by atoms with E-state index in [1.54, 1.807) is 4.90 Å². The predicted molar refractivity (Wildman–Crippen MR) is 60.7 cm³/mol. The molecule has 0 aromatic carbocycles. The number of hydrazine groups is 1. The van der Waals surface area contributed by atoms with E-state index >= 15 is 0 Å². The Labute approximate surface area is 96.5 Å². The zero-order chi connectivity index (χ0) is 12.0. The minimum absolute atomic E-state index is 0.0386. The molecule has 0 bridgehead atoms. The Hall–Kier alpha value is -0.810. The molecule has 2 saturated heterocycles. The molecule has 0 radical (unpaired) electrons. The molecule has 2 N–H and O–H groups in total. The van der Waals surface area contributed by atoms with Gasteiger partial charge < -0.3 is 9.64 Å². The van der Waals surface area contributed by atoms with Crippen LogP contribution < -0.4 is 5.84 Å². The lowest BCUT2D eigenvalue weighted by molar-refractivity contribution is -0.0136. The first-order valence-corrected chi connectivity index (χ1v) is 5.83. The fourth-order valence-electron chi connectivity index (χ4n) is 2.33. The molecule has 92 valence electrons. The van der Waals surface area contributed by atoms with Crippen LogP contribution >= 0.6 is 0 Å². The normalized spacial score (nSPS) is 30.6. The van der Waals surface area contributed by atoms with Crippen LogP contribution in [0.1, 0.15) is 33.6 Å². The van der Waals surface area contributed by atoms with Crippen LogP contribution in [-0.2, 0) is 4.74 Å². The van der Waals surface area contributed by atoms with Crippen molar-refractivity contribution in [1.82, 2.24) is 9.91 Å². The predicted octanol–water partition coefficient (Wildman–Crippen LogP) is 0.945. The van der Waals surface area contributed by atoms with Gasteiger partial charge >= 0.3 is 6.09 Å². The maximum absolute atomic E-state index is 11.8. The van der Waals surface area contributed by atoms with Crippen molar-refractivity contribution >= 4 is 6.09 Å². The van der Waals surface area contributed by atoms with Crippen molar-refractivity contribution in [2.75, 3.05) is 19.6 Å². The summed E-state index contributed by atoms with van der Waals surface area (Å²) in [6, 6.07) is 0. The average Bonchev–Trinajstić information content (AvgIpc) is 2.59. The second kappa shape index (κ2) is 3.60. The molecule has 2 rings (SSSR count). The number of carbonyl (C=O) groups excluding carboxylic acids is 1. The molecule has 5 heteroatoms. The zero-order valence-electron chi connectivity index (χ0n) is 10.3.